The Morgan fingerprint density at radius 2 is 2.00 bits per heavy atom. The standard InChI is InChI=1S/C12H22N4S/c1-5-7-13-10-8-11(14-9(3)6-2)16-12(15-10)17-4/h8-9H,5-7H2,1-4H3,(H2,13,14,15,16). The number of hydrogen-bond donors (Lipinski definition) is 2. The number of hydrogen-bond acceptors (Lipinski definition) is 5. The van der Waals surface area contributed by atoms with E-state index in [1.54, 1.807) is 11.8 Å². The van der Waals surface area contributed by atoms with Crippen molar-refractivity contribution in [3.8, 4) is 0 Å². The number of thioether (sulfide) groups is 1. The van der Waals surface area contributed by atoms with Gasteiger partial charge in [0.1, 0.15) is 11.6 Å². The van der Waals surface area contributed by atoms with Crippen LogP contribution in [0.5, 0.6) is 0 Å². The van der Waals surface area contributed by atoms with Crippen LogP contribution in [0.15, 0.2) is 11.2 Å². The second-order valence-corrected chi connectivity index (χ2v) is 4.78. The highest BCUT2D eigenvalue weighted by molar-refractivity contribution is 7.98. The molecule has 96 valence electrons. The molecule has 0 aliphatic heterocycles. The van der Waals surface area contributed by atoms with Crippen LogP contribution in [0.25, 0.3) is 0 Å². The van der Waals surface area contributed by atoms with Gasteiger partial charge in [0.15, 0.2) is 5.16 Å². The van der Waals surface area contributed by atoms with Crippen molar-refractivity contribution in [2.45, 2.75) is 44.8 Å². The highest BCUT2D eigenvalue weighted by Crippen LogP contribution is 2.18. The van der Waals surface area contributed by atoms with Gasteiger partial charge in [-0.05, 0) is 26.0 Å². The molecule has 0 spiro atoms. The largest absolute Gasteiger partial charge is 0.370 e. The van der Waals surface area contributed by atoms with E-state index in [-0.39, 0.29) is 0 Å². The molecule has 1 heterocycles. The monoisotopic (exact) mass is 254 g/mol. The summed E-state index contributed by atoms with van der Waals surface area (Å²) >= 11 is 1.56. The lowest BCUT2D eigenvalue weighted by Crippen LogP contribution is -2.15. The van der Waals surface area contributed by atoms with Crippen LogP contribution in [0.2, 0.25) is 0 Å². The summed E-state index contributed by atoms with van der Waals surface area (Å²) in [5.41, 5.74) is 0. The average Bonchev–Trinajstić information content (AvgIpc) is 2.35. The molecule has 0 saturated carbocycles. The fourth-order valence-electron chi connectivity index (χ4n) is 1.29. The molecule has 1 unspecified atom stereocenters. The zero-order valence-corrected chi connectivity index (χ0v) is 11.9. The Morgan fingerprint density at radius 1 is 1.29 bits per heavy atom. The summed E-state index contributed by atoms with van der Waals surface area (Å²) in [5.74, 6) is 1.80. The van der Waals surface area contributed by atoms with Crippen LogP contribution in [0.4, 0.5) is 11.6 Å². The predicted molar refractivity (Wildman–Crippen MR) is 76.0 cm³/mol. The van der Waals surface area contributed by atoms with Gasteiger partial charge in [-0.2, -0.15) is 0 Å². The van der Waals surface area contributed by atoms with Crippen molar-refractivity contribution in [2.24, 2.45) is 0 Å². The number of aromatic nitrogens is 2. The van der Waals surface area contributed by atoms with Gasteiger partial charge in [0.2, 0.25) is 0 Å². The Hall–Kier alpha value is -0.970. The van der Waals surface area contributed by atoms with Gasteiger partial charge in [-0.15, -0.1) is 0 Å². The van der Waals surface area contributed by atoms with Gasteiger partial charge in [0.25, 0.3) is 0 Å². The Kier molecular flexibility index (Phi) is 6.11. The first-order valence-corrected chi connectivity index (χ1v) is 7.35. The van der Waals surface area contributed by atoms with E-state index < -0.39 is 0 Å². The van der Waals surface area contributed by atoms with Gasteiger partial charge >= 0.3 is 0 Å². The molecule has 0 fully saturated rings. The molecule has 0 amide bonds. The van der Waals surface area contributed by atoms with Crippen LogP contribution in [0, 0.1) is 0 Å². The molecule has 0 radical (unpaired) electrons. The van der Waals surface area contributed by atoms with E-state index in [0.29, 0.717) is 6.04 Å². The lowest BCUT2D eigenvalue weighted by atomic mass is 10.2. The first-order valence-electron chi connectivity index (χ1n) is 6.13. The summed E-state index contributed by atoms with van der Waals surface area (Å²) in [6.45, 7) is 7.39. The summed E-state index contributed by atoms with van der Waals surface area (Å²) in [6, 6.07) is 2.40. The molecular formula is C12H22N4S. The van der Waals surface area contributed by atoms with Crippen LogP contribution in [-0.2, 0) is 0 Å². The molecule has 0 aromatic carbocycles. The van der Waals surface area contributed by atoms with Crippen molar-refractivity contribution < 1.29 is 0 Å². The molecule has 2 N–H and O–H groups in total. The van der Waals surface area contributed by atoms with Gasteiger partial charge in [-0.25, -0.2) is 9.97 Å². The summed E-state index contributed by atoms with van der Waals surface area (Å²) < 4.78 is 0. The van der Waals surface area contributed by atoms with Gasteiger partial charge in [0.05, 0.1) is 0 Å². The van der Waals surface area contributed by atoms with Gasteiger partial charge in [-0.3, -0.25) is 0 Å². The van der Waals surface area contributed by atoms with Crippen molar-refractivity contribution in [1.29, 1.82) is 0 Å². The number of rotatable bonds is 7. The van der Waals surface area contributed by atoms with Gasteiger partial charge in [-0.1, -0.05) is 25.6 Å². The molecule has 0 saturated heterocycles. The fraction of sp³-hybridized carbons (Fsp3) is 0.667. The molecule has 1 aromatic rings. The summed E-state index contributed by atoms with van der Waals surface area (Å²) in [4.78, 5) is 8.87. The normalized spacial score (nSPS) is 12.2. The smallest absolute Gasteiger partial charge is 0.191 e. The Morgan fingerprint density at radius 3 is 2.59 bits per heavy atom. The van der Waals surface area contributed by atoms with Gasteiger partial charge in [0, 0.05) is 18.7 Å². The van der Waals surface area contributed by atoms with Crippen molar-refractivity contribution in [3.05, 3.63) is 6.07 Å². The van der Waals surface area contributed by atoms with E-state index in [0.717, 1.165) is 36.2 Å². The zero-order chi connectivity index (χ0) is 12.7. The maximum atomic E-state index is 4.45. The molecule has 17 heavy (non-hydrogen) atoms. The molecule has 1 aromatic heterocycles. The average molecular weight is 254 g/mol. The molecule has 1 rings (SSSR count). The number of nitrogens with one attached hydrogen (secondary N) is 2. The molecule has 0 aliphatic rings. The van der Waals surface area contributed by atoms with E-state index in [4.69, 9.17) is 0 Å². The first-order chi connectivity index (χ1) is 8.19. The minimum Gasteiger partial charge on any atom is -0.370 e. The van der Waals surface area contributed by atoms with Crippen LogP contribution in [0.1, 0.15) is 33.6 Å². The summed E-state index contributed by atoms with van der Waals surface area (Å²) in [5, 5.41) is 7.48. The summed E-state index contributed by atoms with van der Waals surface area (Å²) in [6.07, 6.45) is 4.16. The Labute approximate surface area is 108 Å². The lowest BCUT2D eigenvalue weighted by Gasteiger charge is -2.14. The quantitative estimate of drug-likeness (QED) is 0.578. The van der Waals surface area contributed by atoms with E-state index >= 15 is 0 Å². The van der Waals surface area contributed by atoms with E-state index in [9.17, 15) is 0 Å². The number of anilines is 2. The zero-order valence-electron chi connectivity index (χ0n) is 11.1. The van der Waals surface area contributed by atoms with Crippen molar-refractivity contribution in [1.82, 2.24) is 9.97 Å². The topological polar surface area (TPSA) is 49.8 Å². The molecule has 0 aliphatic carbocycles. The lowest BCUT2D eigenvalue weighted by molar-refractivity contribution is 0.754. The molecule has 1 atom stereocenters. The van der Waals surface area contributed by atoms with Crippen LogP contribution in [0.3, 0.4) is 0 Å². The minimum atomic E-state index is 0.429. The van der Waals surface area contributed by atoms with Crippen LogP contribution >= 0.6 is 11.8 Å². The Bertz CT molecular complexity index is 343. The van der Waals surface area contributed by atoms with E-state index in [1.165, 1.54) is 0 Å². The molecular weight excluding hydrogens is 232 g/mol. The third-order valence-electron chi connectivity index (χ3n) is 2.45. The number of nitrogens with zero attached hydrogens (tertiary/aromatic N) is 2. The van der Waals surface area contributed by atoms with E-state index in [2.05, 4.69) is 41.4 Å². The molecule has 0 bridgehead atoms. The minimum absolute atomic E-state index is 0.429. The van der Waals surface area contributed by atoms with E-state index in [1.807, 2.05) is 12.3 Å². The third-order valence-corrected chi connectivity index (χ3v) is 3.00. The SMILES string of the molecule is CCCNc1cc(NC(C)CC)nc(SC)n1. The molecule has 5 heteroatoms. The second-order valence-electron chi connectivity index (χ2n) is 4.01. The Balaban J connectivity index is 2.80. The van der Waals surface area contributed by atoms with Crippen LogP contribution in [-0.4, -0.2) is 28.8 Å². The van der Waals surface area contributed by atoms with Crippen molar-refractivity contribution in [2.75, 3.05) is 23.4 Å². The predicted octanol–water partition coefficient (Wildman–Crippen LogP) is 3.23. The highest BCUT2D eigenvalue weighted by Gasteiger charge is 2.05. The van der Waals surface area contributed by atoms with Crippen LogP contribution < -0.4 is 10.6 Å². The summed E-state index contributed by atoms with van der Waals surface area (Å²) in [7, 11) is 0. The maximum Gasteiger partial charge on any atom is 0.191 e. The molecule has 4 nitrogen and oxygen atoms in total. The first kappa shape index (κ1) is 14.1. The second kappa shape index (κ2) is 7.37. The highest BCUT2D eigenvalue weighted by atomic mass is 32.2. The maximum absolute atomic E-state index is 4.45. The van der Waals surface area contributed by atoms with Crippen molar-refractivity contribution >= 4 is 23.4 Å². The van der Waals surface area contributed by atoms with Crippen molar-refractivity contribution in [3.63, 3.8) is 0 Å². The third kappa shape index (κ3) is 4.81. The van der Waals surface area contributed by atoms with Gasteiger partial charge < -0.3 is 10.6 Å². The fourth-order valence-corrected chi connectivity index (χ4v) is 1.67.